The molecule has 1 atom stereocenters. The van der Waals surface area contributed by atoms with Crippen LogP contribution in [0.4, 0.5) is 0 Å². The third kappa shape index (κ3) is 4.43. The van der Waals surface area contributed by atoms with Gasteiger partial charge in [0, 0.05) is 6.54 Å². The summed E-state index contributed by atoms with van der Waals surface area (Å²) in [7, 11) is 0. The molecule has 1 saturated carbocycles. The monoisotopic (exact) mass is 297 g/mol. The van der Waals surface area contributed by atoms with Crippen LogP contribution in [0, 0.1) is 11.3 Å². The minimum atomic E-state index is -0.0994. The number of ether oxygens (including phenoxy) is 2. The van der Waals surface area contributed by atoms with Crippen molar-refractivity contribution in [1.82, 2.24) is 0 Å². The maximum absolute atomic E-state index is 6.31. The molecule has 0 spiro atoms. The van der Waals surface area contributed by atoms with Gasteiger partial charge in [0.1, 0.15) is 0 Å². The molecule has 0 aromatic heterocycles. The summed E-state index contributed by atoms with van der Waals surface area (Å²) in [6.45, 7) is 12.7. The van der Waals surface area contributed by atoms with Crippen molar-refractivity contribution in [1.29, 1.82) is 0 Å². The van der Waals surface area contributed by atoms with Gasteiger partial charge >= 0.3 is 0 Å². The minimum absolute atomic E-state index is 0.0216. The van der Waals surface area contributed by atoms with E-state index in [1.165, 1.54) is 12.8 Å². The first-order chi connectivity index (χ1) is 9.66. The Labute approximate surface area is 130 Å². The van der Waals surface area contributed by atoms with Gasteiger partial charge in [-0.1, -0.05) is 20.8 Å². The van der Waals surface area contributed by atoms with E-state index < -0.39 is 0 Å². The number of hydrogen-bond acceptors (Lipinski definition) is 3. The van der Waals surface area contributed by atoms with Crippen LogP contribution in [0.2, 0.25) is 0 Å². The van der Waals surface area contributed by atoms with Crippen LogP contribution in [0.25, 0.3) is 0 Å². The smallest absolute Gasteiger partial charge is 0.0817 e. The molecule has 2 N–H and O–H groups in total. The van der Waals surface area contributed by atoms with Crippen molar-refractivity contribution in [3.63, 3.8) is 0 Å². The molecule has 1 heterocycles. The standard InChI is InChI=1S/C18H35NO2/c1-16(2,3)14-6-10-18(13-19,11-7-14)20-12-15-8-9-17(4,5)21-15/h14-15H,6-13,19H2,1-5H3. The van der Waals surface area contributed by atoms with E-state index in [2.05, 4.69) is 34.6 Å². The molecule has 0 aromatic rings. The van der Waals surface area contributed by atoms with Crippen LogP contribution in [0.1, 0.15) is 73.1 Å². The number of rotatable bonds is 4. The SMILES string of the molecule is CC1(C)CCC(COC2(CN)CCC(C(C)(C)C)CC2)O1. The van der Waals surface area contributed by atoms with Crippen molar-refractivity contribution < 1.29 is 9.47 Å². The molecule has 1 aliphatic carbocycles. The molecule has 0 amide bonds. The average molecular weight is 297 g/mol. The topological polar surface area (TPSA) is 44.5 Å². The summed E-state index contributed by atoms with van der Waals surface area (Å²) in [5.74, 6) is 0.794. The van der Waals surface area contributed by atoms with Gasteiger partial charge in [-0.2, -0.15) is 0 Å². The molecule has 3 nitrogen and oxygen atoms in total. The molecule has 1 aliphatic heterocycles. The minimum Gasteiger partial charge on any atom is -0.371 e. The van der Waals surface area contributed by atoms with E-state index in [0.717, 1.165) is 31.6 Å². The van der Waals surface area contributed by atoms with E-state index in [1.807, 2.05) is 0 Å². The Hall–Kier alpha value is -0.120. The van der Waals surface area contributed by atoms with E-state index in [0.29, 0.717) is 18.6 Å². The second kappa shape index (κ2) is 6.17. The second-order valence-corrected chi connectivity index (χ2v) is 8.88. The summed E-state index contributed by atoms with van der Waals surface area (Å²) in [6, 6.07) is 0. The lowest BCUT2D eigenvalue weighted by molar-refractivity contribution is -0.124. The first-order valence-electron chi connectivity index (χ1n) is 8.68. The molecule has 2 aliphatic rings. The Balaban J connectivity index is 1.84. The fourth-order valence-electron chi connectivity index (χ4n) is 3.88. The number of hydrogen-bond donors (Lipinski definition) is 1. The zero-order valence-corrected chi connectivity index (χ0v) is 14.7. The zero-order chi connectivity index (χ0) is 15.7. The van der Waals surface area contributed by atoms with Crippen molar-refractivity contribution in [2.24, 2.45) is 17.1 Å². The fourth-order valence-corrected chi connectivity index (χ4v) is 3.88. The highest BCUT2D eigenvalue weighted by Crippen LogP contribution is 2.43. The van der Waals surface area contributed by atoms with Crippen LogP contribution < -0.4 is 5.73 Å². The van der Waals surface area contributed by atoms with Crippen LogP contribution in [-0.2, 0) is 9.47 Å². The van der Waals surface area contributed by atoms with Gasteiger partial charge in [-0.25, -0.2) is 0 Å². The summed E-state index contributed by atoms with van der Waals surface area (Å²) in [5, 5.41) is 0. The maximum atomic E-state index is 6.31. The molecule has 0 radical (unpaired) electrons. The van der Waals surface area contributed by atoms with Crippen molar-refractivity contribution in [2.75, 3.05) is 13.2 Å². The Morgan fingerprint density at radius 1 is 1.10 bits per heavy atom. The molecule has 1 unspecified atom stereocenters. The van der Waals surface area contributed by atoms with Crippen LogP contribution in [0.3, 0.4) is 0 Å². The summed E-state index contributed by atoms with van der Waals surface area (Å²) in [5.41, 5.74) is 6.39. The van der Waals surface area contributed by atoms with Crippen molar-refractivity contribution >= 4 is 0 Å². The van der Waals surface area contributed by atoms with E-state index in [1.54, 1.807) is 0 Å². The van der Waals surface area contributed by atoms with Crippen LogP contribution >= 0.6 is 0 Å². The van der Waals surface area contributed by atoms with Crippen molar-refractivity contribution in [3.05, 3.63) is 0 Å². The second-order valence-electron chi connectivity index (χ2n) is 8.88. The first kappa shape index (κ1) is 17.2. The predicted octanol–water partition coefficient (Wildman–Crippen LogP) is 3.89. The third-order valence-electron chi connectivity index (χ3n) is 5.62. The first-order valence-corrected chi connectivity index (χ1v) is 8.68. The lowest BCUT2D eigenvalue weighted by Crippen LogP contribution is -2.46. The number of nitrogens with two attached hydrogens (primary N) is 1. The van der Waals surface area contributed by atoms with Gasteiger partial charge in [-0.15, -0.1) is 0 Å². The molecular weight excluding hydrogens is 262 g/mol. The highest BCUT2D eigenvalue weighted by atomic mass is 16.6. The summed E-state index contributed by atoms with van der Waals surface area (Å²) < 4.78 is 12.3. The Bertz CT molecular complexity index is 338. The zero-order valence-electron chi connectivity index (χ0n) is 14.7. The van der Waals surface area contributed by atoms with Crippen LogP contribution in [0.15, 0.2) is 0 Å². The highest BCUT2D eigenvalue weighted by molar-refractivity contribution is 4.92. The molecule has 1 saturated heterocycles. The molecule has 3 heteroatoms. The van der Waals surface area contributed by atoms with Crippen molar-refractivity contribution in [3.8, 4) is 0 Å². The Morgan fingerprint density at radius 2 is 1.71 bits per heavy atom. The van der Waals surface area contributed by atoms with E-state index in [-0.39, 0.29) is 17.3 Å². The Morgan fingerprint density at radius 3 is 2.14 bits per heavy atom. The largest absolute Gasteiger partial charge is 0.371 e. The van der Waals surface area contributed by atoms with Gasteiger partial charge in [0.05, 0.1) is 23.9 Å². The quantitative estimate of drug-likeness (QED) is 0.856. The third-order valence-corrected chi connectivity index (χ3v) is 5.62. The fraction of sp³-hybridized carbons (Fsp3) is 1.00. The average Bonchev–Trinajstić information content (AvgIpc) is 2.75. The van der Waals surface area contributed by atoms with E-state index in [9.17, 15) is 0 Å². The van der Waals surface area contributed by atoms with E-state index in [4.69, 9.17) is 15.2 Å². The summed E-state index contributed by atoms with van der Waals surface area (Å²) in [6.07, 6.45) is 7.16. The molecule has 0 bridgehead atoms. The molecular formula is C18H35NO2. The van der Waals surface area contributed by atoms with Crippen LogP contribution in [0.5, 0.6) is 0 Å². The van der Waals surface area contributed by atoms with Gasteiger partial charge < -0.3 is 15.2 Å². The van der Waals surface area contributed by atoms with Gasteiger partial charge in [0.2, 0.25) is 0 Å². The maximum Gasteiger partial charge on any atom is 0.0817 e. The highest BCUT2D eigenvalue weighted by Gasteiger charge is 2.40. The van der Waals surface area contributed by atoms with Gasteiger partial charge in [-0.05, 0) is 63.7 Å². The molecule has 0 aromatic carbocycles. The normalized spacial score (nSPS) is 36.9. The molecule has 21 heavy (non-hydrogen) atoms. The van der Waals surface area contributed by atoms with Gasteiger partial charge in [-0.3, -0.25) is 0 Å². The van der Waals surface area contributed by atoms with Gasteiger partial charge in [0.25, 0.3) is 0 Å². The Kier molecular flexibility index (Phi) is 5.07. The molecule has 2 rings (SSSR count). The molecule has 2 fully saturated rings. The van der Waals surface area contributed by atoms with Crippen molar-refractivity contribution in [2.45, 2.75) is 90.4 Å². The lowest BCUT2D eigenvalue weighted by Gasteiger charge is -2.43. The van der Waals surface area contributed by atoms with Gasteiger partial charge in [0.15, 0.2) is 0 Å². The summed E-state index contributed by atoms with van der Waals surface area (Å²) in [4.78, 5) is 0. The molecule has 124 valence electrons. The summed E-state index contributed by atoms with van der Waals surface area (Å²) >= 11 is 0. The predicted molar refractivity (Wildman–Crippen MR) is 87.3 cm³/mol. The van der Waals surface area contributed by atoms with E-state index >= 15 is 0 Å². The van der Waals surface area contributed by atoms with Crippen LogP contribution in [-0.4, -0.2) is 30.5 Å². The lowest BCUT2D eigenvalue weighted by atomic mass is 9.68.